The Hall–Kier alpha value is -2.83. The molecule has 1 fully saturated rings. The SMILES string of the molecule is CCNC(=NCc1ccnn1C)NCC(=O)N1CCC(Cc2ccccc2)CC1. The molecular weight excluding hydrogens is 364 g/mol. The topological polar surface area (TPSA) is 74.5 Å². The quantitative estimate of drug-likeness (QED) is 0.554. The van der Waals surface area contributed by atoms with E-state index in [9.17, 15) is 4.79 Å². The number of rotatable bonds is 7. The summed E-state index contributed by atoms with van der Waals surface area (Å²) in [6.07, 6.45) is 4.99. The predicted molar refractivity (Wildman–Crippen MR) is 115 cm³/mol. The van der Waals surface area contributed by atoms with E-state index in [-0.39, 0.29) is 12.5 Å². The number of aliphatic imine (C=N–C) groups is 1. The van der Waals surface area contributed by atoms with Gasteiger partial charge in [-0.25, -0.2) is 4.99 Å². The minimum absolute atomic E-state index is 0.134. The number of nitrogens with zero attached hydrogens (tertiary/aromatic N) is 4. The lowest BCUT2D eigenvalue weighted by atomic mass is 9.90. The lowest BCUT2D eigenvalue weighted by Crippen LogP contribution is -2.47. The molecule has 0 aliphatic carbocycles. The minimum Gasteiger partial charge on any atom is -0.357 e. The minimum atomic E-state index is 0.134. The van der Waals surface area contributed by atoms with Crippen molar-refractivity contribution in [2.75, 3.05) is 26.2 Å². The third-order valence-corrected chi connectivity index (χ3v) is 5.41. The summed E-state index contributed by atoms with van der Waals surface area (Å²) in [6, 6.07) is 12.6. The van der Waals surface area contributed by atoms with Crippen LogP contribution in [0.25, 0.3) is 0 Å². The van der Waals surface area contributed by atoms with E-state index in [1.165, 1.54) is 5.56 Å². The van der Waals surface area contributed by atoms with Crippen LogP contribution >= 0.6 is 0 Å². The number of nitrogens with one attached hydrogen (secondary N) is 2. The molecule has 7 nitrogen and oxygen atoms in total. The van der Waals surface area contributed by atoms with Gasteiger partial charge in [-0.15, -0.1) is 0 Å². The van der Waals surface area contributed by atoms with E-state index in [2.05, 4.69) is 51.1 Å². The first kappa shape index (κ1) is 20.9. The maximum atomic E-state index is 12.6. The number of aromatic nitrogens is 2. The van der Waals surface area contributed by atoms with E-state index in [0.717, 1.165) is 44.6 Å². The number of hydrogen-bond acceptors (Lipinski definition) is 3. The third kappa shape index (κ3) is 6.34. The molecule has 2 N–H and O–H groups in total. The summed E-state index contributed by atoms with van der Waals surface area (Å²) in [5.74, 6) is 1.45. The number of carbonyl (C=O) groups is 1. The lowest BCUT2D eigenvalue weighted by Gasteiger charge is -2.32. The van der Waals surface area contributed by atoms with E-state index in [1.54, 1.807) is 10.9 Å². The molecule has 1 saturated heterocycles. The Morgan fingerprint density at radius 3 is 2.59 bits per heavy atom. The molecule has 1 aliphatic rings. The second-order valence-electron chi connectivity index (χ2n) is 7.51. The molecule has 1 aromatic heterocycles. The molecule has 0 atom stereocenters. The second-order valence-corrected chi connectivity index (χ2v) is 7.51. The molecule has 0 saturated carbocycles. The molecular formula is C22H32N6O. The molecule has 156 valence electrons. The predicted octanol–water partition coefficient (Wildman–Crippen LogP) is 1.96. The standard InChI is InChI=1S/C22H32N6O/c1-3-23-22(24-16-20-9-12-26-27(20)2)25-17-21(29)28-13-10-19(11-14-28)15-18-7-5-4-6-8-18/h4-9,12,19H,3,10-11,13-17H2,1-2H3,(H2,23,24,25). The Morgan fingerprint density at radius 1 is 1.17 bits per heavy atom. The van der Waals surface area contributed by atoms with E-state index in [0.29, 0.717) is 18.4 Å². The zero-order valence-electron chi connectivity index (χ0n) is 17.5. The number of piperidine rings is 1. The molecule has 3 rings (SSSR count). The zero-order chi connectivity index (χ0) is 20.5. The molecule has 1 aliphatic heterocycles. The number of aryl methyl sites for hydroxylation is 1. The fraction of sp³-hybridized carbons (Fsp3) is 0.500. The summed E-state index contributed by atoms with van der Waals surface area (Å²) in [5.41, 5.74) is 2.41. The van der Waals surface area contributed by atoms with E-state index in [4.69, 9.17) is 0 Å². The molecule has 1 aromatic carbocycles. The van der Waals surface area contributed by atoms with Gasteiger partial charge in [0.25, 0.3) is 0 Å². The molecule has 29 heavy (non-hydrogen) atoms. The lowest BCUT2D eigenvalue weighted by molar-refractivity contribution is -0.131. The van der Waals surface area contributed by atoms with Crippen molar-refractivity contribution in [1.29, 1.82) is 0 Å². The number of likely N-dealkylation sites (tertiary alicyclic amines) is 1. The highest BCUT2D eigenvalue weighted by atomic mass is 16.2. The van der Waals surface area contributed by atoms with E-state index >= 15 is 0 Å². The van der Waals surface area contributed by atoms with Crippen molar-refractivity contribution in [2.45, 2.75) is 32.7 Å². The smallest absolute Gasteiger partial charge is 0.241 e. The average Bonchev–Trinajstić information content (AvgIpc) is 3.16. The maximum Gasteiger partial charge on any atom is 0.241 e. The Balaban J connectivity index is 1.44. The summed E-state index contributed by atoms with van der Waals surface area (Å²) in [5, 5.41) is 10.5. The Kier molecular flexibility index (Phi) is 7.67. The van der Waals surface area contributed by atoms with Gasteiger partial charge in [-0.1, -0.05) is 30.3 Å². The number of hydrogen-bond donors (Lipinski definition) is 2. The van der Waals surface area contributed by atoms with Crippen molar-refractivity contribution in [2.24, 2.45) is 18.0 Å². The van der Waals surface area contributed by atoms with Gasteiger partial charge in [0.2, 0.25) is 5.91 Å². The Bertz CT molecular complexity index is 793. The summed E-state index contributed by atoms with van der Waals surface area (Å²) in [4.78, 5) is 19.2. The number of benzene rings is 1. The van der Waals surface area contributed by atoms with Crippen LogP contribution in [0.3, 0.4) is 0 Å². The van der Waals surface area contributed by atoms with Crippen LogP contribution in [-0.4, -0.2) is 52.7 Å². The van der Waals surface area contributed by atoms with Crippen LogP contribution in [0.5, 0.6) is 0 Å². The van der Waals surface area contributed by atoms with Gasteiger partial charge < -0.3 is 15.5 Å². The first-order valence-electron chi connectivity index (χ1n) is 10.5. The van der Waals surface area contributed by atoms with Crippen molar-refractivity contribution in [3.8, 4) is 0 Å². The third-order valence-electron chi connectivity index (χ3n) is 5.41. The largest absolute Gasteiger partial charge is 0.357 e. The molecule has 0 bridgehead atoms. The molecule has 2 heterocycles. The zero-order valence-corrected chi connectivity index (χ0v) is 17.5. The van der Waals surface area contributed by atoms with Crippen molar-refractivity contribution in [3.63, 3.8) is 0 Å². The molecule has 0 radical (unpaired) electrons. The van der Waals surface area contributed by atoms with Crippen LogP contribution in [0.1, 0.15) is 31.0 Å². The van der Waals surface area contributed by atoms with Crippen molar-refractivity contribution in [1.82, 2.24) is 25.3 Å². The molecule has 2 aromatic rings. The van der Waals surface area contributed by atoms with Crippen LogP contribution in [0.2, 0.25) is 0 Å². The highest BCUT2D eigenvalue weighted by molar-refractivity contribution is 5.86. The van der Waals surface area contributed by atoms with Gasteiger partial charge in [-0.2, -0.15) is 5.10 Å². The van der Waals surface area contributed by atoms with Gasteiger partial charge in [0.1, 0.15) is 0 Å². The van der Waals surface area contributed by atoms with E-state index < -0.39 is 0 Å². The number of guanidine groups is 1. The van der Waals surface area contributed by atoms with Gasteiger partial charge in [-0.3, -0.25) is 9.48 Å². The van der Waals surface area contributed by atoms with Crippen molar-refractivity contribution >= 4 is 11.9 Å². The van der Waals surface area contributed by atoms with Crippen LogP contribution < -0.4 is 10.6 Å². The summed E-state index contributed by atoms with van der Waals surface area (Å²) >= 11 is 0. The normalized spacial score (nSPS) is 15.4. The highest BCUT2D eigenvalue weighted by Gasteiger charge is 2.22. The number of carbonyl (C=O) groups excluding carboxylic acids is 1. The van der Waals surface area contributed by atoms with Crippen LogP contribution in [-0.2, 0) is 24.8 Å². The fourth-order valence-electron chi connectivity index (χ4n) is 3.66. The Morgan fingerprint density at radius 2 is 1.93 bits per heavy atom. The maximum absolute atomic E-state index is 12.6. The fourth-order valence-corrected chi connectivity index (χ4v) is 3.66. The van der Waals surface area contributed by atoms with E-state index in [1.807, 2.05) is 24.9 Å². The van der Waals surface area contributed by atoms with Crippen molar-refractivity contribution < 1.29 is 4.79 Å². The van der Waals surface area contributed by atoms with Crippen LogP contribution in [0.4, 0.5) is 0 Å². The van der Waals surface area contributed by atoms with Crippen LogP contribution in [0.15, 0.2) is 47.6 Å². The summed E-state index contributed by atoms with van der Waals surface area (Å²) in [7, 11) is 1.90. The van der Waals surface area contributed by atoms with Crippen molar-refractivity contribution in [3.05, 3.63) is 53.9 Å². The van der Waals surface area contributed by atoms with Gasteiger partial charge in [0, 0.05) is 32.9 Å². The van der Waals surface area contributed by atoms with Crippen LogP contribution in [0, 0.1) is 5.92 Å². The second kappa shape index (κ2) is 10.6. The number of amides is 1. The summed E-state index contributed by atoms with van der Waals surface area (Å²) < 4.78 is 1.80. The first-order valence-corrected chi connectivity index (χ1v) is 10.5. The monoisotopic (exact) mass is 396 g/mol. The summed E-state index contributed by atoms with van der Waals surface area (Å²) in [6.45, 7) is 5.21. The molecule has 0 spiro atoms. The molecule has 1 amide bonds. The van der Waals surface area contributed by atoms with Gasteiger partial charge in [-0.05, 0) is 43.7 Å². The highest BCUT2D eigenvalue weighted by Crippen LogP contribution is 2.21. The Labute approximate surface area is 173 Å². The van der Waals surface area contributed by atoms with Gasteiger partial charge >= 0.3 is 0 Å². The van der Waals surface area contributed by atoms with Gasteiger partial charge in [0.05, 0.1) is 18.8 Å². The van der Waals surface area contributed by atoms with Gasteiger partial charge in [0.15, 0.2) is 5.96 Å². The molecule has 0 unspecified atom stereocenters. The first-order chi connectivity index (χ1) is 14.2. The average molecular weight is 397 g/mol. The molecule has 7 heteroatoms.